The molecule has 0 fully saturated rings. The van der Waals surface area contributed by atoms with Crippen molar-refractivity contribution >= 4 is 23.2 Å². The Morgan fingerprint density at radius 3 is 2.70 bits per heavy atom. The van der Waals surface area contributed by atoms with E-state index >= 15 is 0 Å². The Morgan fingerprint density at radius 1 is 1.22 bits per heavy atom. The van der Waals surface area contributed by atoms with Crippen LogP contribution in [-0.2, 0) is 11.3 Å². The summed E-state index contributed by atoms with van der Waals surface area (Å²) >= 11 is 1.28. The number of nitrogens with zero attached hydrogens (tertiary/aromatic N) is 2. The van der Waals surface area contributed by atoms with Crippen LogP contribution >= 0.6 is 11.3 Å². The van der Waals surface area contributed by atoms with Crippen LogP contribution in [-0.4, -0.2) is 33.4 Å². The molecule has 1 aliphatic rings. The van der Waals surface area contributed by atoms with E-state index in [-0.39, 0.29) is 12.5 Å². The van der Waals surface area contributed by atoms with Gasteiger partial charge in [0.1, 0.15) is 10.6 Å². The summed E-state index contributed by atoms with van der Waals surface area (Å²) in [7, 11) is 0. The van der Waals surface area contributed by atoms with Crippen LogP contribution in [0.4, 0.5) is 0 Å². The van der Waals surface area contributed by atoms with Crippen molar-refractivity contribution in [3.63, 3.8) is 0 Å². The number of rotatable bonds is 3. The lowest BCUT2D eigenvalue weighted by Crippen LogP contribution is -2.40. The van der Waals surface area contributed by atoms with Gasteiger partial charge in [0.15, 0.2) is 10.8 Å². The standard InChI is InChI=1S/C20H18N2O4S/c1-11-7-8-16(26-11)18-21-12(2)17(27-18)19(23)22-9-13-5-3-4-6-14(13)15(10-22)20(24)25/h3-8,15H,9-10H2,1-2H3,(H,24,25). The second-order valence-electron chi connectivity index (χ2n) is 6.62. The van der Waals surface area contributed by atoms with Crippen LogP contribution in [0.5, 0.6) is 0 Å². The van der Waals surface area contributed by atoms with E-state index in [0.29, 0.717) is 27.9 Å². The Kier molecular flexibility index (Phi) is 4.31. The highest BCUT2D eigenvalue weighted by Gasteiger charge is 2.34. The fourth-order valence-electron chi connectivity index (χ4n) is 3.37. The van der Waals surface area contributed by atoms with Crippen molar-refractivity contribution < 1.29 is 19.1 Å². The Hall–Kier alpha value is -2.93. The first-order valence-corrected chi connectivity index (χ1v) is 9.40. The number of carbonyl (C=O) groups excluding carboxylic acids is 1. The highest BCUT2D eigenvalue weighted by atomic mass is 32.1. The van der Waals surface area contributed by atoms with Crippen LogP contribution in [0.3, 0.4) is 0 Å². The molecule has 1 aliphatic heterocycles. The number of aryl methyl sites for hydroxylation is 2. The Balaban J connectivity index is 1.66. The molecule has 1 unspecified atom stereocenters. The zero-order valence-electron chi connectivity index (χ0n) is 14.9. The van der Waals surface area contributed by atoms with Crippen LogP contribution in [0, 0.1) is 13.8 Å². The monoisotopic (exact) mass is 382 g/mol. The van der Waals surface area contributed by atoms with Crippen molar-refractivity contribution in [3.05, 3.63) is 63.9 Å². The second kappa shape index (κ2) is 6.66. The van der Waals surface area contributed by atoms with Crippen LogP contribution < -0.4 is 0 Å². The highest BCUT2D eigenvalue weighted by Crippen LogP contribution is 2.33. The lowest BCUT2D eigenvalue weighted by Gasteiger charge is -2.32. The topological polar surface area (TPSA) is 83.6 Å². The van der Waals surface area contributed by atoms with Crippen molar-refractivity contribution in [1.29, 1.82) is 0 Å². The van der Waals surface area contributed by atoms with Gasteiger partial charge in [0, 0.05) is 13.1 Å². The molecular formula is C20H18N2O4S. The first-order valence-electron chi connectivity index (χ1n) is 8.58. The van der Waals surface area contributed by atoms with Gasteiger partial charge in [-0.05, 0) is 37.1 Å². The third-order valence-corrected chi connectivity index (χ3v) is 5.88. The number of hydrogen-bond acceptors (Lipinski definition) is 5. The van der Waals surface area contributed by atoms with E-state index < -0.39 is 11.9 Å². The zero-order valence-corrected chi connectivity index (χ0v) is 15.7. The van der Waals surface area contributed by atoms with Gasteiger partial charge in [0.2, 0.25) is 0 Å². The zero-order chi connectivity index (χ0) is 19.1. The quantitative estimate of drug-likeness (QED) is 0.744. The minimum atomic E-state index is -0.923. The molecule has 6 nitrogen and oxygen atoms in total. The van der Waals surface area contributed by atoms with Crippen LogP contribution in [0.2, 0.25) is 0 Å². The number of aromatic nitrogens is 1. The van der Waals surface area contributed by atoms with E-state index in [1.54, 1.807) is 11.8 Å². The Labute approximate surface area is 160 Å². The molecule has 0 spiro atoms. The minimum absolute atomic E-state index is 0.151. The first kappa shape index (κ1) is 17.5. The van der Waals surface area contributed by atoms with E-state index in [0.717, 1.165) is 16.9 Å². The fourth-order valence-corrected chi connectivity index (χ4v) is 4.36. The number of carboxylic acid groups (broad SMARTS) is 1. The predicted molar refractivity (Wildman–Crippen MR) is 101 cm³/mol. The van der Waals surface area contributed by atoms with Crippen molar-refractivity contribution in [2.24, 2.45) is 0 Å². The van der Waals surface area contributed by atoms with Crippen molar-refractivity contribution in [3.8, 4) is 10.8 Å². The maximum atomic E-state index is 13.1. The van der Waals surface area contributed by atoms with E-state index in [1.165, 1.54) is 11.3 Å². The van der Waals surface area contributed by atoms with Gasteiger partial charge in [-0.3, -0.25) is 9.59 Å². The number of benzene rings is 1. The maximum Gasteiger partial charge on any atom is 0.312 e. The molecule has 0 saturated heterocycles. The molecule has 1 N–H and O–H groups in total. The van der Waals surface area contributed by atoms with E-state index in [4.69, 9.17) is 4.42 Å². The van der Waals surface area contributed by atoms with E-state index in [2.05, 4.69) is 4.98 Å². The summed E-state index contributed by atoms with van der Waals surface area (Å²) in [6.07, 6.45) is 0. The molecule has 3 heterocycles. The average Bonchev–Trinajstić information content (AvgIpc) is 3.25. The van der Waals surface area contributed by atoms with Crippen LogP contribution in [0.25, 0.3) is 10.8 Å². The number of hydrogen-bond donors (Lipinski definition) is 1. The van der Waals surface area contributed by atoms with Crippen molar-refractivity contribution in [2.45, 2.75) is 26.3 Å². The van der Waals surface area contributed by atoms with Gasteiger partial charge in [-0.1, -0.05) is 24.3 Å². The molecule has 0 aliphatic carbocycles. The van der Waals surface area contributed by atoms with Gasteiger partial charge < -0.3 is 14.4 Å². The van der Waals surface area contributed by atoms with Crippen molar-refractivity contribution in [1.82, 2.24) is 9.88 Å². The lowest BCUT2D eigenvalue weighted by atomic mass is 9.89. The molecule has 7 heteroatoms. The van der Waals surface area contributed by atoms with Gasteiger partial charge in [-0.2, -0.15) is 0 Å². The summed E-state index contributed by atoms with van der Waals surface area (Å²) in [5, 5.41) is 10.3. The third kappa shape index (κ3) is 3.14. The van der Waals surface area contributed by atoms with Gasteiger partial charge in [0.05, 0.1) is 11.6 Å². The largest absolute Gasteiger partial charge is 0.481 e. The summed E-state index contributed by atoms with van der Waals surface area (Å²) in [6.45, 7) is 4.19. The molecule has 138 valence electrons. The van der Waals surface area contributed by atoms with Crippen molar-refractivity contribution in [2.75, 3.05) is 6.54 Å². The SMILES string of the molecule is Cc1ccc(-c2nc(C)c(C(=O)N3Cc4ccccc4C(C(=O)O)C3)s2)o1. The van der Waals surface area contributed by atoms with Gasteiger partial charge in [0.25, 0.3) is 5.91 Å². The molecular weight excluding hydrogens is 364 g/mol. The molecule has 1 aromatic carbocycles. The summed E-state index contributed by atoms with van der Waals surface area (Å²) in [6, 6.07) is 11.1. The average molecular weight is 382 g/mol. The molecule has 1 atom stereocenters. The molecule has 0 radical (unpaired) electrons. The summed E-state index contributed by atoms with van der Waals surface area (Å²) in [4.78, 5) is 31.4. The summed E-state index contributed by atoms with van der Waals surface area (Å²) < 4.78 is 5.60. The minimum Gasteiger partial charge on any atom is -0.481 e. The van der Waals surface area contributed by atoms with Gasteiger partial charge in [-0.15, -0.1) is 11.3 Å². The Bertz CT molecular complexity index is 1040. The number of carbonyl (C=O) groups is 2. The summed E-state index contributed by atoms with van der Waals surface area (Å²) in [5.74, 6) is -0.429. The molecule has 2 aromatic heterocycles. The van der Waals surface area contributed by atoms with Crippen LogP contribution in [0.1, 0.15) is 38.2 Å². The smallest absolute Gasteiger partial charge is 0.312 e. The van der Waals surface area contributed by atoms with Gasteiger partial charge >= 0.3 is 5.97 Å². The number of furan rings is 1. The normalized spacial score (nSPS) is 16.2. The number of aliphatic carboxylic acids is 1. The summed E-state index contributed by atoms with van der Waals surface area (Å²) in [5.41, 5.74) is 2.27. The molecule has 4 rings (SSSR count). The van der Waals surface area contributed by atoms with E-state index in [9.17, 15) is 14.7 Å². The molecule has 0 bridgehead atoms. The number of carboxylic acids is 1. The Morgan fingerprint density at radius 2 is 2.00 bits per heavy atom. The fraction of sp³-hybridized carbons (Fsp3) is 0.250. The second-order valence-corrected chi connectivity index (χ2v) is 7.62. The molecule has 3 aromatic rings. The number of thiazole rings is 1. The highest BCUT2D eigenvalue weighted by molar-refractivity contribution is 7.17. The number of fused-ring (bicyclic) bond motifs is 1. The number of amides is 1. The third-order valence-electron chi connectivity index (χ3n) is 4.72. The van der Waals surface area contributed by atoms with Gasteiger partial charge in [-0.25, -0.2) is 4.98 Å². The molecule has 27 heavy (non-hydrogen) atoms. The molecule has 0 saturated carbocycles. The lowest BCUT2D eigenvalue weighted by molar-refractivity contribution is -0.139. The van der Waals surface area contributed by atoms with Crippen LogP contribution in [0.15, 0.2) is 40.8 Å². The predicted octanol–water partition coefficient (Wildman–Crippen LogP) is 3.84. The first-order chi connectivity index (χ1) is 12.9. The maximum absolute atomic E-state index is 13.1. The van der Waals surface area contributed by atoms with E-state index in [1.807, 2.05) is 43.3 Å². The molecule has 1 amide bonds.